The van der Waals surface area contributed by atoms with Gasteiger partial charge in [-0.05, 0) is 50.1 Å². The molecular formula is C12H6Br2N4O2. The number of halogens is 2. The lowest BCUT2D eigenvalue weighted by Crippen LogP contribution is -1.88. The fourth-order valence-electron chi connectivity index (χ4n) is 1.56. The van der Waals surface area contributed by atoms with Gasteiger partial charge in [0, 0.05) is 21.3 Å². The zero-order valence-electron chi connectivity index (χ0n) is 9.79. The Labute approximate surface area is 130 Å². The van der Waals surface area contributed by atoms with Crippen molar-refractivity contribution >= 4 is 31.9 Å². The zero-order valence-corrected chi connectivity index (χ0v) is 13.0. The lowest BCUT2D eigenvalue weighted by Gasteiger charge is -1.98. The summed E-state index contributed by atoms with van der Waals surface area (Å²) in [6.45, 7) is 0. The molecule has 3 rings (SSSR count). The highest BCUT2D eigenvalue weighted by molar-refractivity contribution is 9.11. The summed E-state index contributed by atoms with van der Waals surface area (Å²) in [6, 6.07) is 4.94. The van der Waals surface area contributed by atoms with E-state index in [1.165, 1.54) is 12.3 Å². The van der Waals surface area contributed by atoms with Gasteiger partial charge in [0.05, 0.1) is 0 Å². The van der Waals surface area contributed by atoms with Crippen molar-refractivity contribution in [1.29, 1.82) is 0 Å². The predicted molar refractivity (Wildman–Crippen MR) is 77.8 cm³/mol. The van der Waals surface area contributed by atoms with E-state index < -0.39 is 0 Å². The molecule has 0 spiro atoms. The van der Waals surface area contributed by atoms with Crippen LogP contribution in [0.1, 0.15) is 0 Å². The summed E-state index contributed by atoms with van der Waals surface area (Å²) in [6.07, 6.45) is 3.17. The number of pyridine rings is 2. The summed E-state index contributed by atoms with van der Waals surface area (Å²) < 4.78 is 6.67. The Morgan fingerprint density at radius 3 is 2.75 bits per heavy atom. The van der Waals surface area contributed by atoms with Crippen molar-refractivity contribution in [3.63, 3.8) is 0 Å². The van der Waals surface area contributed by atoms with Gasteiger partial charge in [-0.25, -0.2) is 4.98 Å². The van der Waals surface area contributed by atoms with Crippen LogP contribution >= 0.6 is 31.9 Å². The van der Waals surface area contributed by atoms with Crippen molar-refractivity contribution in [2.75, 3.05) is 0 Å². The van der Waals surface area contributed by atoms with E-state index in [2.05, 4.69) is 52.0 Å². The van der Waals surface area contributed by atoms with E-state index >= 15 is 0 Å². The number of hydrogen-bond donors (Lipinski definition) is 1. The number of aromatic nitrogens is 4. The van der Waals surface area contributed by atoms with Gasteiger partial charge in [0.15, 0.2) is 5.69 Å². The molecule has 20 heavy (non-hydrogen) atoms. The lowest BCUT2D eigenvalue weighted by molar-refractivity contribution is 0.423. The maximum Gasteiger partial charge on any atom is 0.280 e. The van der Waals surface area contributed by atoms with E-state index in [9.17, 15) is 5.11 Å². The number of aromatic hydroxyl groups is 1. The van der Waals surface area contributed by atoms with Crippen molar-refractivity contribution in [2.24, 2.45) is 0 Å². The molecule has 0 aliphatic rings. The van der Waals surface area contributed by atoms with Crippen LogP contribution in [0.4, 0.5) is 0 Å². The van der Waals surface area contributed by atoms with Crippen LogP contribution in [0.5, 0.6) is 5.75 Å². The molecule has 8 heteroatoms. The largest absolute Gasteiger partial charge is 0.505 e. The average molecular weight is 398 g/mol. The molecule has 100 valence electrons. The molecule has 6 nitrogen and oxygen atoms in total. The lowest BCUT2D eigenvalue weighted by atomic mass is 10.3. The summed E-state index contributed by atoms with van der Waals surface area (Å²) in [5.74, 6) is 0.421. The zero-order chi connectivity index (χ0) is 14.1. The molecule has 1 N–H and O–H groups in total. The molecule has 0 fully saturated rings. The van der Waals surface area contributed by atoms with Crippen molar-refractivity contribution in [1.82, 2.24) is 20.1 Å². The van der Waals surface area contributed by atoms with Crippen LogP contribution < -0.4 is 0 Å². The maximum absolute atomic E-state index is 9.71. The number of hydrogen-bond acceptors (Lipinski definition) is 6. The molecular weight excluding hydrogens is 392 g/mol. The van der Waals surface area contributed by atoms with Crippen molar-refractivity contribution < 1.29 is 9.63 Å². The van der Waals surface area contributed by atoms with Crippen LogP contribution in [0.3, 0.4) is 0 Å². The molecule has 0 aliphatic heterocycles. The third kappa shape index (κ3) is 2.44. The quantitative estimate of drug-likeness (QED) is 0.713. The number of rotatable bonds is 2. The van der Waals surface area contributed by atoms with E-state index in [1.807, 2.05) is 6.07 Å². The molecule has 0 saturated heterocycles. The van der Waals surface area contributed by atoms with E-state index in [0.717, 1.165) is 8.95 Å². The molecule has 0 saturated carbocycles. The van der Waals surface area contributed by atoms with Gasteiger partial charge >= 0.3 is 0 Å². The Bertz CT molecular complexity index is 776. The van der Waals surface area contributed by atoms with Gasteiger partial charge in [-0.3, -0.25) is 4.98 Å². The highest BCUT2D eigenvalue weighted by Gasteiger charge is 2.17. The summed E-state index contributed by atoms with van der Waals surface area (Å²) in [4.78, 5) is 12.4. The summed E-state index contributed by atoms with van der Waals surface area (Å²) in [7, 11) is 0. The average Bonchev–Trinajstić information content (AvgIpc) is 2.88. The Hall–Kier alpha value is -1.80. The summed E-state index contributed by atoms with van der Waals surface area (Å²) >= 11 is 6.71. The smallest absolute Gasteiger partial charge is 0.280 e. The Morgan fingerprint density at radius 1 is 1.15 bits per heavy atom. The summed E-state index contributed by atoms with van der Waals surface area (Å²) in [5.41, 5.74) is 0.776. The predicted octanol–water partition coefficient (Wildman–Crippen LogP) is 3.42. The van der Waals surface area contributed by atoms with Crippen molar-refractivity contribution in [3.8, 4) is 28.9 Å². The molecule has 0 unspecified atom stereocenters. The Kier molecular flexibility index (Phi) is 3.49. The third-order valence-electron chi connectivity index (χ3n) is 2.43. The first kappa shape index (κ1) is 13.2. The molecule has 0 bridgehead atoms. The fraction of sp³-hybridized carbons (Fsp3) is 0. The maximum atomic E-state index is 9.71. The molecule has 0 atom stereocenters. The van der Waals surface area contributed by atoms with Gasteiger partial charge in [0.25, 0.3) is 5.89 Å². The van der Waals surface area contributed by atoms with Crippen molar-refractivity contribution in [3.05, 3.63) is 39.5 Å². The Balaban J connectivity index is 2.04. The van der Waals surface area contributed by atoms with E-state index in [1.54, 1.807) is 12.3 Å². The molecule has 3 aromatic heterocycles. The van der Waals surface area contributed by atoms with Gasteiger partial charge in [-0.1, -0.05) is 5.16 Å². The molecule has 3 aromatic rings. The second-order valence-electron chi connectivity index (χ2n) is 3.78. The van der Waals surface area contributed by atoms with Gasteiger partial charge in [0.1, 0.15) is 11.4 Å². The fourth-order valence-corrected chi connectivity index (χ4v) is 2.72. The highest BCUT2D eigenvalue weighted by atomic mass is 79.9. The minimum Gasteiger partial charge on any atom is -0.505 e. The Morgan fingerprint density at radius 2 is 2.00 bits per heavy atom. The first-order valence-electron chi connectivity index (χ1n) is 5.44. The molecule has 0 amide bonds. The third-order valence-corrected chi connectivity index (χ3v) is 3.47. The van der Waals surface area contributed by atoms with Gasteiger partial charge in [-0.2, -0.15) is 4.98 Å². The summed E-state index contributed by atoms with van der Waals surface area (Å²) in [5, 5.41) is 13.6. The molecule has 0 aromatic carbocycles. The van der Waals surface area contributed by atoms with Crippen LogP contribution in [-0.2, 0) is 0 Å². The topological polar surface area (TPSA) is 84.9 Å². The van der Waals surface area contributed by atoms with Gasteiger partial charge < -0.3 is 9.63 Å². The molecule has 0 radical (unpaired) electrons. The van der Waals surface area contributed by atoms with E-state index in [0.29, 0.717) is 11.5 Å². The normalized spacial score (nSPS) is 10.7. The van der Waals surface area contributed by atoms with Crippen LogP contribution in [-0.4, -0.2) is 25.2 Å². The highest BCUT2D eigenvalue weighted by Crippen LogP contribution is 2.30. The first-order chi connectivity index (χ1) is 9.65. The van der Waals surface area contributed by atoms with Crippen LogP contribution in [0, 0.1) is 0 Å². The number of nitrogens with zero attached hydrogens (tertiary/aromatic N) is 4. The standard InChI is InChI=1S/C12H6Br2N4O2/c13-6-4-7(14)9(16-5-6)11-17-12(20-18-11)10-8(19)2-1-3-15-10/h1-5,19H. The van der Waals surface area contributed by atoms with Crippen molar-refractivity contribution in [2.45, 2.75) is 0 Å². The minimum atomic E-state index is -0.0227. The van der Waals surface area contributed by atoms with Crippen LogP contribution in [0.25, 0.3) is 23.1 Å². The second kappa shape index (κ2) is 5.29. The molecule has 3 heterocycles. The van der Waals surface area contributed by atoms with Gasteiger partial charge in [-0.15, -0.1) is 0 Å². The molecule has 0 aliphatic carbocycles. The van der Waals surface area contributed by atoms with Crippen LogP contribution in [0.2, 0.25) is 0 Å². The minimum absolute atomic E-state index is 0.0227. The monoisotopic (exact) mass is 396 g/mol. The second-order valence-corrected chi connectivity index (χ2v) is 5.55. The van der Waals surface area contributed by atoms with Crippen LogP contribution in [0.15, 0.2) is 44.1 Å². The van der Waals surface area contributed by atoms with E-state index in [4.69, 9.17) is 4.52 Å². The van der Waals surface area contributed by atoms with E-state index in [-0.39, 0.29) is 17.3 Å². The first-order valence-corrected chi connectivity index (χ1v) is 7.03. The SMILES string of the molecule is Oc1cccnc1-c1nc(-c2ncc(Br)cc2Br)no1. The van der Waals surface area contributed by atoms with Gasteiger partial charge in [0.2, 0.25) is 5.82 Å².